The predicted molar refractivity (Wildman–Crippen MR) is 104 cm³/mol. The molecule has 1 amide bonds. The van der Waals surface area contributed by atoms with Gasteiger partial charge in [0.2, 0.25) is 0 Å². The first kappa shape index (κ1) is 19.6. The van der Waals surface area contributed by atoms with Crippen molar-refractivity contribution in [1.82, 2.24) is 9.97 Å². The molecule has 2 atom stereocenters. The molecule has 150 valence electrons. The molecule has 0 spiro atoms. The largest absolute Gasteiger partial charge is 0.393 e. The topological polar surface area (TPSA) is 84.3 Å². The van der Waals surface area contributed by atoms with Crippen LogP contribution in [0.1, 0.15) is 35.0 Å². The summed E-state index contributed by atoms with van der Waals surface area (Å²) in [6.07, 6.45) is 3.22. The molecule has 6 nitrogen and oxygen atoms in total. The fourth-order valence-electron chi connectivity index (χ4n) is 3.17. The molecule has 0 saturated carbocycles. The second-order valence-electron chi connectivity index (χ2n) is 6.59. The van der Waals surface area contributed by atoms with Gasteiger partial charge in [-0.25, -0.2) is 13.8 Å². The molecule has 2 aromatic heterocycles. The molecule has 2 N–H and O–H groups in total. The quantitative estimate of drug-likeness (QED) is 0.672. The fourth-order valence-corrected chi connectivity index (χ4v) is 4.01. The first-order valence-corrected chi connectivity index (χ1v) is 9.85. The third-order valence-electron chi connectivity index (χ3n) is 4.62. The van der Waals surface area contributed by atoms with Crippen molar-refractivity contribution in [2.24, 2.45) is 0 Å². The highest BCUT2D eigenvalue weighted by Gasteiger charge is 2.25. The van der Waals surface area contributed by atoms with E-state index in [4.69, 9.17) is 4.74 Å². The van der Waals surface area contributed by atoms with E-state index in [0.29, 0.717) is 30.7 Å². The summed E-state index contributed by atoms with van der Waals surface area (Å²) in [6.45, 7) is 0.422. The Morgan fingerprint density at radius 3 is 2.83 bits per heavy atom. The van der Waals surface area contributed by atoms with E-state index in [1.807, 2.05) is 0 Å². The van der Waals surface area contributed by atoms with Gasteiger partial charge in [0.25, 0.3) is 5.91 Å². The van der Waals surface area contributed by atoms with E-state index in [9.17, 15) is 18.7 Å². The monoisotopic (exact) mass is 417 g/mol. The molecular weight excluding hydrogens is 400 g/mol. The lowest BCUT2D eigenvalue weighted by molar-refractivity contribution is -0.0444. The number of benzene rings is 1. The highest BCUT2D eigenvalue weighted by atomic mass is 32.1. The van der Waals surface area contributed by atoms with Crippen molar-refractivity contribution in [2.75, 3.05) is 11.9 Å². The number of anilines is 1. The summed E-state index contributed by atoms with van der Waals surface area (Å²) >= 11 is 0.977. The van der Waals surface area contributed by atoms with Crippen LogP contribution in [0.5, 0.6) is 0 Å². The van der Waals surface area contributed by atoms with Gasteiger partial charge in [-0.15, -0.1) is 11.3 Å². The number of amides is 1. The van der Waals surface area contributed by atoms with E-state index >= 15 is 0 Å². The Hall–Kier alpha value is -2.75. The molecule has 0 aliphatic carbocycles. The Balaban J connectivity index is 1.56. The lowest BCUT2D eigenvalue weighted by Gasteiger charge is -2.28. The summed E-state index contributed by atoms with van der Waals surface area (Å²) in [5.74, 6) is -2.02. The molecular formula is C20H17F2N3O3S. The summed E-state index contributed by atoms with van der Waals surface area (Å²) in [5, 5.41) is 14.1. The van der Waals surface area contributed by atoms with Crippen molar-refractivity contribution >= 4 is 22.9 Å². The number of thiazole rings is 1. The second-order valence-corrected chi connectivity index (χ2v) is 7.45. The molecule has 29 heavy (non-hydrogen) atoms. The molecule has 0 radical (unpaired) electrons. The second kappa shape index (κ2) is 8.32. The number of pyridine rings is 1. The van der Waals surface area contributed by atoms with Crippen molar-refractivity contribution in [1.29, 1.82) is 0 Å². The number of nitrogens with one attached hydrogen (secondary N) is 1. The van der Waals surface area contributed by atoms with Crippen LogP contribution in [0.25, 0.3) is 10.6 Å². The summed E-state index contributed by atoms with van der Waals surface area (Å²) < 4.78 is 33.6. The molecule has 9 heteroatoms. The molecule has 0 unspecified atom stereocenters. The predicted octanol–water partition coefficient (Wildman–Crippen LogP) is 3.95. The number of aliphatic hydroxyl groups is 1. The molecule has 1 aromatic carbocycles. The highest BCUT2D eigenvalue weighted by Crippen LogP contribution is 2.33. The number of carbonyl (C=O) groups is 1. The maximum absolute atomic E-state index is 14.0. The third-order valence-corrected chi connectivity index (χ3v) is 5.48. The minimum absolute atomic E-state index is 0.0343. The van der Waals surface area contributed by atoms with Gasteiger partial charge in [-0.2, -0.15) is 0 Å². The van der Waals surface area contributed by atoms with Crippen LogP contribution in [0.4, 0.5) is 14.5 Å². The summed E-state index contributed by atoms with van der Waals surface area (Å²) in [4.78, 5) is 20.8. The Bertz CT molecular complexity index is 1020. The highest BCUT2D eigenvalue weighted by molar-refractivity contribution is 7.13. The van der Waals surface area contributed by atoms with Crippen LogP contribution in [0.2, 0.25) is 0 Å². The first-order chi connectivity index (χ1) is 14.0. The van der Waals surface area contributed by atoms with E-state index in [-0.39, 0.29) is 22.4 Å². The SMILES string of the molecule is O=C(Nc1cnccc1[C@@H]1C[C@H](O)CCO1)c1csc(-c2c(F)cccc2F)n1. The Kier molecular flexibility index (Phi) is 5.61. The smallest absolute Gasteiger partial charge is 0.275 e. The maximum atomic E-state index is 14.0. The Morgan fingerprint density at radius 1 is 1.28 bits per heavy atom. The van der Waals surface area contributed by atoms with E-state index in [1.54, 1.807) is 12.3 Å². The third kappa shape index (κ3) is 4.16. The van der Waals surface area contributed by atoms with Crippen LogP contribution in [0, 0.1) is 11.6 Å². The zero-order valence-corrected chi connectivity index (χ0v) is 16.0. The molecule has 3 aromatic rings. The van der Waals surface area contributed by atoms with Gasteiger partial charge in [0, 0.05) is 30.2 Å². The van der Waals surface area contributed by atoms with Crippen molar-refractivity contribution in [2.45, 2.75) is 25.0 Å². The Labute approximate surface area is 169 Å². The minimum atomic E-state index is -0.742. The average Bonchev–Trinajstić information content (AvgIpc) is 3.18. The molecule has 1 fully saturated rings. The zero-order chi connectivity index (χ0) is 20.4. The number of halogens is 2. The summed E-state index contributed by atoms with van der Waals surface area (Å²) in [5.41, 5.74) is 0.904. The van der Waals surface area contributed by atoms with Gasteiger partial charge in [-0.3, -0.25) is 9.78 Å². The van der Waals surface area contributed by atoms with Gasteiger partial charge in [0.15, 0.2) is 0 Å². The first-order valence-electron chi connectivity index (χ1n) is 8.97. The van der Waals surface area contributed by atoms with Gasteiger partial charge in [0.05, 0.1) is 29.7 Å². The number of hydrogen-bond donors (Lipinski definition) is 2. The normalized spacial score (nSPS) is 19.1. The average molecular weight is 417 g/mol. The molecule has 1 saturated heterocycles. The van der Waals surface area contributed by atoms with E-state index in [2.05, 4.69) is 15.3 Å². The molecule has 3 heterocycles. The van der Waals surface area contributed by atoms with Crippen molar-refractivity contribution in [3.63, 3.8) is 0 Å². The number of hydrogen-bond acceptors (Lipinski definition) is 6. The van der Waals surface area contributed by atoms with Crippen LogP contribution >= 0.6 is 11.3 Å². The van der Waals surface area contributed by atoms with Crippen molar-refractivity contribution < 1.29 is 23.4 Å². The van der Waals surface area contributed by atoms with Gasteiger partial charge >= 0.3 is 0 Å². The molecule has 0 bridgehead atoms. The number of aromatic nitrogens is 2. The molecule has 1 aliphatic rings. The standard InChI is InChI=1S/C20H17F2N3O3S/c21-13-2-1-3-14(22)18(13)20-25-16(10-29-20)19(27)24-15-9-23-6-4-12(15)17-8-11(26)5-7-28-17/h1-4,6,9-11,17,26H,5,7-8H2,(H,24,27)/t11-,17+/m1/s1. The fraction of sp³-hybridized carbons (Fsp3) is 0.250. The van der Waals surface area contributed by atoms with Gasteiger partial charge in [-0.05, 0) is 24.6 Å². The number of aliphatic hydroxyl groups excluding tert-OH is 1. The number of rotatable bonds is 4. The molecule has 1 aliphatic heterocycles. The number of nitrogens with zero attached hydrogens (tertiary/aromatic N) is 2. The zero-order valence-electron chi connectivity index (χ0n) is 15.1. The molecule has 4 rings (SSSR count). The van der Waals surface area contributed by atoms with Crippen LogP contribution in [0.3, 0.4) is 0 Å². The van der Waals surface area contributed by atoms with Gasteiger partial charge in [-0.1, -0.05) is 6.07 Å². The van der Waals surface area contributed by atoms with Gasteiger partial charge < -0.3 is 15.2 Å². The van der Waals surface area contributed by atoms with Crippen molar-refractivity contribution in [3.8, 4) is 10.6 Å². The van der Waals surface area contributed by atoms with E-state index in [1.165, 1.54) is 17.6 Å². The Morgan fingerprint density at radius 2 is 2.07 bits per heavy atom. The van der Waals surface area contributed by atoms with Crippen LogP contribution in [-0.4, -0.2) is 33.7 Å². The van der Waals surface area contributed by atoms with Crippen molar-refractivity contribution in [3.05, 3.63) is 64.9 Å². The summed E-state index contributed by atoms with van der Waals surface area (Å²) in [6, 6.07) is 5.27. The minimum Gasteiger partial charge on any atom is -0.393 e. The van der Waals surface area contributed by atoms with Gasteiger partial charge in [0.1, 0.15) is 22.3 Å². The number of carbonyl (C=O) groups excluding carboxylic acids is 1. The number of ether oxygens (including phenoxy) is 1. The maximum Gasteiger partial charge on any atom is 0.275 e. The lowest BCUT2D eigenvalue weighted by Crippen LogP contribution is -2.24. The van der Waals surface area contributed by atoms with Crippen LogP contribution in [-0.2, 0) is 4.74 Å². The van der Waals surface area contributed by atoms with Crippen LogP contribution < -0.4 is 5.32 Å². The van der Waals surface area contributed by atoms with E-state index < -0.39 is 23.6 Å². The summed E-state index contributed by atoms with van der Waals surface area (Å²) in [7, 11) is 0. The lowest BCUT2D eigenvalue weighted by atomic mass is 9.99. The van der Waals surface area contributed by atoms with E-state index in [0.717, 1.165) is 23.5 Å². The van der Waals surface area contributed by atoms with Crippen LogP contribution in [0.15, 0.2) is 42.0 Å².